The van der Waals surface area contributed by atoms with Crippen molar-refractivity contribution in [3.8, 4) is 0 Å². The van der Waals surface area contributed by atoms with Gasteiger partial charge in [0.05, 0.1) is 5.69 Å². The molecule has 49 heavy (non-hydrogen) atoms. The number of hydrogen-bond acceptors (Lipinski definition) is 3. The number of furan rings is 2. The standard InChI is InChI=1S/C46H27NO2/c1-3-11-33-28(9-1)17-18-30-25-40(39-22-19-29-10-2-4-12-34(29)46(39)45(30)33)47(31-20-23-37-35-13-5-7-15-41(35)48-43(37)26-31)32-21-24-38-36-14-6-8-16-42(36)49-44(38)27-32/h1-27H. The van der Waals surface area contributed by atoms with Crippen LogP contribution in [0.15, 0.2) is 173 Å². The molecule has 0 saturated heterocycles. The van der Waals surface area contributed by atoms with Crippen LogP contribution in [0, 0.1) is 0 Å². The van der Waals surface area contributed by atoms with Gasteiger partial charge in [-0.15, -0.1) is 0 Å². The quantitative estimate of drug-likeness (QED) is 0.183. The van der Waals surface area contributed by atoms with Crippen molar-refractivity contribution in [2.45, 2.75) is 0 Å². The summed E-state index contributed by atoms with van der Waals surface area (Å²) in [6.45, 7) is 0. The highest BCUT2D eigenvalue weighted by Crippen LogP contribution is 2.47. The molecule has 0 spiro atoms. The van der Waals surface area contributed by atoms with E-state index in [0.717, 1.165) is 60.9 Å². The van der Waals surface area contributed by atoms with Crippen LogP contribution in [0.25, 0.3) is 87.0 Å². The first kappa shape index (κ1) is 26.5. The van der Waals surface area contributed by atoms with Crippen molar-refractivity contribution in [2.24, 2.45) is 0 Å². The van der Waals surface area contributed by atoms with Gasteiger partial charge in [0, 0.05) is 55.8 Å². The summed E-state index contributed by atoms with van der Waals surface area (Å²) in [5.74, 6) is 0. The van der Waals surface area contributed by atoms with E-state index in [0.29, 0.717) is 0 Å². The number of para-hydroxylation sites is 2. The lowest BCUT2D eigenvalue weighted by atomic mass is 9.91. The average Bonchev–Trinajstić information content (AvgIpc) is 3.72. The van der Waals surface area contributed by atoms with Gasteiger partial charge in [0.25, 0.3) is 0 Å². The highest BCUT2D eigenvalue weighted by Gasteiger charge is 2.22. The third-order valence-corrected chi connectivity index (χ3v) is 10.2. The van der Waals surface area contributed by atoms with Gasteiger partial charge in [-0.3, -0.25) is 0 Å². The Balaban J connectivity index is 1.27. The second kappa shape index (κ2) is 9.96. The van der Waals surface area contributed by atoms with Gasteiger partial charge >= 0.3 is 0 Å². The normalized spacial score (nSPS) is 12.1. The Morgan fingerprint density at radius 2 is 0.755 bits per heavy atom. The van der Waals surface area contributed by atoms with Crippen LogP contribution in [0.3, 0.4) is 0 Å². The van der Waals surface area contributed by atoms with Crippen LogP contribution < -0.4 is 4.90 Å². The van der Waals surface area contributed by atoms with Crippen LogP contribution in [-0.2, 0) is 0 Å². The lowest BCUT2D eigenvalue weighted by Gasteiger charge is -2.28. The van der Waals surface area contributed by atoms with E-state index in [2.05, 4.69) is 144 Å². The van der Waals surface area contributed by atoms with E-state index >= 15 is 0 Å². The van der Waals surface area contributed by atoms with E-state index in [1.807, 2.05) is 24.3 Å². The molecule has 2 aromatic heterocycles. The summed E-state index contributed by atoms with van der Waals surface area (Å²) in [5.41, 5.74) is 6.60. The Kier molecular flexibility index (Phi) is 5.38. The maximum Gasteiger partial charge on any atom is 0.137 e. The smallest absolute Gasteiger partial charge is 0.137 e. The fourth-order valence-corrected chi connectivity index (χ4v) is 7.99. The Hall–Kier alpha value is -6.58. The van der Waals surface area contributed by atoms with Crippen LogP contribution in [0.4, 0.5) is 17.1 Å². The average molecular weight is 626 g/mol. The molecule has 11 rings (SSSR count). The fraction of sp³-hybridized carbons (Fsp3) is 0. The third-order valence-electron chi connectivity index (χ3n) is 10.2. The van der Waals surface area contributed by atoms with Crippen molar-refractivity contribution in [3.05, 3.63) is 164 Å². The molecule has 2 heterocycles. The Morgan fingerprint density at radius 1 is 0.306 bits per heavy atom. The summed E-state index contributed by atoms with van der Waals surface area (Å²) in [6.07, 6.45) is 0. The minimum Gasteiger partial charge on any atom is -0.456 e. The molecule has 0 bridgehead atoms. The second-order valence-corrected chi connectivity index (χ2v) is 12.9. The topological polar surface area (TPSA) is 29.5 Å². The van der Waals surface area contributed by atoms with E-state index in [9.17, 15) is 0 Å². The first-order chi connectivity index (χ1) is 24.3. The Morgan fingerprint density at radius 3 is 1.37 bits per heavy atom. The van der Waals surface area contributed by atoms with Crippen LogP contribution in [0.2, 0.25) is 0 Å². The van der Waals surface area contributed by atoms with E-state index < -0.39 is 0 Å². The van der Waals surface area contributed by atoms with Crippen molar-refractivity contribution in [2.75, 3.05) is 4.90 Å². The summed E-state index contributed by atoms with van der Waals surface area (Å²) < 4.78 is 12.9. The second-order valence-electron chi connectivity index (χ2n) is 12.9. The molecular weight excluding hydrogens is 599 g/mol. The van der Waals surface area contributed by atoms with Gasteiger partial charge in [0.1, 0.15) is 22.3 Å². The molecule has 0 N–H and O–H groups in total. The van der Waals surface area contributed by atoms with Crippen LogP contribution in [0.5, 0.6) is 0 Å². The van der Waals surface area contributed by atoms with Crippen molar-refractivity contribution >= 4 is 104 Å². The van der Waals surface area contributed by atoms with E-state index in [1.54, 1.807) is 0 Å². The molecule has 9 aromatic carbocycles. The minimum atomic E-state index is 0.857. The molecule has 3 nitrogen and oxygen atoms in total. The first-order valence-corrected chi connectivity index (χ1v) is 16.7. The van der Waals surface area contributed by atoms with E-state index in [-0.39, 0.29) is 0 Å². The number of anilines is 3. The number of fused-ring (bicyclic) bond motifs is 13. The molecule has 228 valence electrons. The zero-order valence-corrected chi connectivity index (χ0v) is 26.4. The zero-order chi connectivity index (χ0) is 32.1. The first-order valence-electron chi connectivity index (χ1n) is 16.7. The third kappa shape index (κ3) is 3.84. The minimum absolute atomic E-state index is 0.857. The largest absolute Gasteiger partial charge is 0.456 e. The van der Waals surface area contributed by atoms with Gasteiger partial charge in [-0.1, -0.05) is 109 Å². The molecule has 0 saturated carbocycles. The lowest BCUT2D eigenvalue weighted by Crippen LogP contribution is -2.10. The highest BCUT2D eigenvalue weighted by molar-refractivity contribution is 6.30. The molecule has 0 atom stereocenters. The van der Waals surface area contributed by atoms with Crippen LogP contribution >= 0.6 is 0 Å². The number of nitrogens with zero attached hydrogens (tertiary/aromatic N) is 1. The number of hydrogen-bond donors (Lipinski definition) is 0. The summed E-state index contributed by atoms with van der Waals surface area (Å²) in [4.78, 5) is 2.37. The highest BCUT2D eigenvalue weighted by atomic mass is 16.3. The van der Waals surface area contributed by atoms with E-state index in [1.165, 1.54) is 43.1 Å². The molecule has 0 amide bonds. The van der Waals surface area contributed by atoms with Crippen molar-refractivity contribution in [1.29, 1.82) is 0 Å². The van der Waals surface area contributed by atoms with Gasteiger partial charge in [0.2, 0.25) is 0 Å². The van der Waals surface area contributed by atoms with Crippen molar-refractivity contribution < 1.29 is 8.83 Å². The molecule has 0 aliphatic carbocycles. The van der Waals surface area contributed by atoms with Crippen LogP contribution in [0.1, 0.15) is 0 Å². The summed E-state index contributed by atoms with van der Waals surface area (Å²) >= 11 is 0. The maximum absolute atomic E-state index is 6.44. The van der Waals surface area contributed by atoms with Crippen molar-refractivity contribution in [1.82, 2.24) is 0 Å². The van der Waals surface area contributed by atoms with E-state index in [4.69, 9.17) is 8.83 Å². The molecular formula is C46H27NO2. The number of rotatable bonds is 3. The van der Waals surface area contributed by atoms with Gasteiger partial charge in [-0.25, -0.2) is 0 Å². The maximum atomic E-state index is 6.44. The number of benzene rings is 9. The van der Waals surface area contributed by atoms with Gasteiger partial charge in [-0.05, 0) is 74.8 Å². The Bertz CT molecular complexity index is 3010. The fourth-order valence-electron chi connectivity index (χ4n) is 7.99. The molecule has 0 aliphatic heterocycles. The lowest BCUT2D eigenvalue weighted by molar-refractivity contribution is 0.669. The zero-order valence-electron chi connectivity index (χ0n) is 26.4. The summed E-state index contributed by atoms with van der Waals surface area (Å²) in [7, 11) is 0. The predicted octanol–water partition coefficient (Wildman–Crippen LogP) is 13.6. The predicted molar refractivity (Wildman–Crippen MR) is 206 cm³/mol. The molecule has 0 unspecified atom stereocenters. The summed E-state index contributed by atoms with van der Waals surface area (Å²) in [5, 5.41) is 14.3. The molecule has 11 aromatic rings. The molecule has 3 heteroatoms. The van der Waals surface area contributed by atoms with Crippen molar-refractivity contribution in [3.63, 3.8) is 0 Å². The van der Waals surface area contributed by atoms with Gasteiger partial charge in [0.15, 0.2) is 0 Å². The Labute approximate surface area is 280 Å². The molecule has 0 fully saturated rings. The molecule has 0 radical (unpaired) electrons. The summed E-state index contributed by atoms with van der Waals surface area (Å²) in [6, 6.07) is 58.5. The monoisotopic (exact) mass is 625 g/mol. The van der Waals surface area contributed by atoms with Gasteiger partial charge in [-0.2, -0.15) is 0 Å². The molecule has 0 aliphatic rings. The SMILES string of the molecule is c1ccc2c(c1)ccc1cc(N(c3ccc4c(c3)oc3ccccc34)c3ccc4c(c3)oc3ccccc34)c3ccc4ccccc4c3c12. The van der Waals surface area contributed by atoms with Crippen LogP contribution in [-0.4, -0.2) is 0 Å². The van der Waals surface area contributed by atoms with Gasteiger partial charge < -0.3 is 13.7 Å².